The fourth-order valence-electron chi connectivity index (χ4n) is 1.64. The van der Waals surface area contributed by atoms with Gasteiger partial charge in [0, 0.05) is 17.6 Å². The average molecular weight is 215 g/mol. The highest BCUT2D eigenvalue weighted by Crippen LogP contribution is 2.12. The molecule has 82 valence electrons. The Kier molecular flexibility index (Phi) is 2.86. The van der Waals surface area contributed by atoms with Gasteiger partial charge in [-0.2, -0.15) is 0 Å². The van der Waals surface area contributed by atoms with E-state index in [9.17, 15) is 4.79 Å². The lowest BCUT2D eigenvalue weighted by atomic mass is 10.1. The summed E-state index contributed by atoms with van der Waals surface area (Å²) >= 11 is 0. The van der Waals surface area contributed by atoms with Crippen LogP contribution in [0.4, 0.5) is 0 Å². The molecule has 0 unspecified atom stereocenters. The summed E-state index contributed by atoms with van der Waals surface area (Å²) in [5.74, 6) is 0. The van der Waals surface area contributed by atoms with Gasteiger partial charge in [-0.1, -0.05) is 18.2 Å². The molecule has 0 aliphatic heterocycles. The minimum absolute atomic E-state index is 0.326. The van der Waals surface area contributed by atoms with Crippen LogP contribution in [-0.2, 0) is 0 Å². The molecular weight excluding hydrogens is 202 g/mol. The Morgan fingerprint density at radius 2 is 2.12 bits per heavy atom. The number of nitrogens with zero attached hydrogens (tertiary/aromatic N) is 1. The molecule has 0 N–H and O–H groups in total. The number of para-hydroxylation sites is 1. The van der Waals surface area contributed by atoms with E-state index in [2.05, 4.69) is 4.99 Å². The number of hydrogen-bond acceptors (Lipinski definition) is 3. The van der Waals surface area contributed by atoms with Crippen LogP contribution in [0.3, 0.4) is 0 Å². The van der Waals surface area contributed by atoms with Crippen molar-refractivity contribution in [2.24, 2.45) is 4.99 Å². The normalized spacial score (nSPS) is 12.0. The Balaban J connectivity index is 2.68. The van der Waals surface area contributed by atoms with Crippen molar-refractivity contribution >= 4 is 16.7 Å². The SMILES string of the molecule is CCN=C(C)c1cc2ccccc2oc1=O. The van der Waals surface area contributed by atoms with E-state index in [1.54, 1.807) is 6.07 Å². The van der Waals surface area contributed by atoms with Gasteiger partial charge in [-0.3, -0.25) is 4.99 Å². The fourth-order valence-corrected chi connectivity index (χ4v) is 1.64. The van der Waals surface area contributed by atoms with Crippen LogP contribution in [0.2, 0.25) is 0 Å². The largest absolute Gasteiger partial charge is 0.422 e. The van der Waals surface area contributed by atoms with E-state index in [0.717, 1.165) is 11.1 Å². The number of benzene rings is 1. The van der Waals surface area contributed by atoms with Gasteiger partial charge in [0.1, 0.15) is 5.58 Å². The highest BCUT2D eigenvalue weighted by atomic mass is 16.4. The molecule has 0 spiro atoms. The Labute approximate surface area is 93.4 Å². The van der Waals surface area contributed by atoms with E-state index in [1.165, 1.54) is 0 Å². The van der Waals surface area contributed by atoms with E-state index in [-0.39, 0.29) is 5.63 Å². The minimum Gasteiger partial charge on any atom is -0.422 e. The van der Waals surface area contributed by atoms with Crippen LogP contribution in [0, 0.1) is 0 Å². The third kappa shape index (κ3) is 1.89. The maximum atomic E-state index is 11.7. The summed E-state index contributed by atoms with van der Waals surface area (Å²) in [4.78, 5) is 15.9. The van der Waals surface area contributed by atoms with E-state index < -0.39 is 0 Å². The van der Waals surface area contributed by atoms with Crippen molar-refractivity contribution in [3.8, 4) is 0 Å². The summed E-state index contributed by atoms with van der Waals surface area (Å²) in [6, 6.07) is 9.29. The first-order valence-electron chi connectivity index (χ1n) is 5.26. The van der Waals surface area contributed by atoms with Crippen LogP contribution in [0.5, 0.6) is 0 Å². The van der Waals surface area contributed by atoms with Crippen LogP contribution >= 0.6 is 0 Å². The van der Waals surface area contributed by atoms with Crippen molar-refractivity contribution in [2.75, 3.05) is 6.54 Å². The van der Waals surface area contributed by atoms with Crippen molar-refractivity contribution in [1.82, 2.24) is 0 Å². The Morgan fingerprint density at radius 1 is 1.38 bits per heavy atom. The van der Waals surface area contributed by atoms with Crippen LogP contribution in [-0.4, -0.2) is 12.3 Å². The first-order chi connectivity index (χ1) is 7.72. The molecule has 1 aromatic heterocycles. The van der Waals surface area contributed by atoms with Crippen LogP contribution in [0.25, 0.3) is 11.0 Å². The highest BCUT2D eigenvalue weighted by molar-refractivity contribution is 6.00. The van der Waals surface area contributed by atoms with Crippen LogP contribution < -0.4 is 5.63 Å². The predicted molar refractivity (Wildman–Crippen MR) is 65.2 cm³/mol. The fraction of sp³-hybridized carbons (Fsp3) is 0.231. The first-order valence-corrected chi connectivity index (χ1v) is 5.26. The number of rotatable bonds is 2. The third-order valence-electron chi connectivity index (χ3n) is 2.43. The molecule has 0 aliphatic carbocycles. The summed E-state index contributed by atoms with van der Waals surface area (Å²) < 4.78 is 5.22. The summed E-state index contributed by atoms with van der Waals surface area (Å²) in [5, 5.41) is 0.919. The number of hydrogen-bond donors (Lipinski definition) is 0. The zero-order valence-corrected chi connectivity index (χ0v) is 9.36. The predicted octanol–water partition coefficient (Wildman–Crippen LogP) is 2.62. The monoisotopic (exact) mass is 215 g/mol. The molecule has 3 nitrogen and oxygen atoms in total. The Hall–Kier alpha value is -1.90. The zero-order chi connectivity index (χ0) is 11.5. The molecule has 0 fully saturated rings. The van der Waals surface area contributed by atoms with Gasteiger partial charge in [0.15, 0.2) is 0 Å². The van der Waals surface area contributed by atoms with Gasteiger partial charge in [0.25, 0.3) is 0 Å². The van der Waals surface area contributed by atoms with Gasteiger partial charge in [0.05, 0.1) is 5.56 Å². The lowest BCUT2D eigenvalue weighted by Gasteiger charge is -2.01. The molecule has 16 heavy (non-hydrogen) atoms. The summed E-state index contributed by atoms with van der Waals surface area (Å²) in [6.07, 6.45) is 0. The smallest absolute Gasteiger partial charge is 0.345 e. The molecule has 2 aromatic rings. The zero-order valence-electron chi connectivity index (χ0n) is 9.36. The topological polar surface area (TPSA) is 42.6 Å². The average Bonchev–Trinajstić information content (AvgIpc) is 2.28. The molecule has 0 radical (unpaired) electrons. The van der Waals surface area contributed by atoms with Crippen molar-refractivity contribution in [3.05, 3.63) is 46.3 Å². The van der Waals surface area contributed by atoms with E-state index in [4.69, 9.17) is 4.42 Å². The summed E-state index contributed by atoms with van der Waals surface area (Å²) in [7, 11) is 0. The minimum atomic E-state index is -0.326. The van der Waals surface area contributed by atoms with Gasteiger partial charge in [-0.15, -0.1) is 0 Å². The standard InChI is InChI=1S/C13H13NO2/c1-3-14-9(2)11-8-10-6-4-5-7-12(10)16-13(11)15/h4-8H,3H2,1-2H3. The molecule has 0 saturated heterocycles. The molecule has 0 amide bonds. The Morgan fingerprint density at radius 3 is 2.88 bits per heavy atom. The number of fused-ring (bicyclic) bond motifs is 1. The van der Waals surface area contributed by atoms with Crippen molar-refractivity contribution in [2.45, 2.75) is 13.8 Å². The quantitative estimate of drug-likeness (QED) is 0.571. The number of aliphatic imine (C=N–C) groups is 1. The maximum absolute atomic E-state index is 11.7. The summed E-state index contributed by atoms with van der Waals surface area (Å²) in [6.45, 7) is 4.43. The third-order valence-corrected chi connectivity index (χ3v) is 2.43. The Bertz CT molecular complexity index is 596. The molecule has 3 heteroatoms. The second-order valence-corrected chi connectivity index (χ2v) is 3.55. The summed E-state index contributed by atoms with van der Waals surface area (Å²) in [5.41, 5.74) is 1.55. The molecule has 1 heterocycles. The lowest BCUT2D eigenvalue weighted by Crippen LogP contribution is -2.12. The van der Waals surface area contributed by atoms with Crippen molar-refractivity contribution < 1.29 is 4.42 Å². The molecule has 0 atom stereocenters. The highest BCUT2D eigenvalue weighted by Gasteiger charge is 2.06. The van der Waals surface area contributed by atoms with Gasteiger partial charge < -0.3 is 4.42 Å². The second-order valence-electron chi connectivity index (χ2n) is 3.55. The van der Waals surface area contributed by atoms with Gasteiger partial charge in [-0.25, -0.2) is 4.79 Å². The van der Waals surface area contributed by atoms with Gasteiger partial charge >= 0.3 is 5.63 Å². The van der Waals surface area contributed by atoms with Crippen molar-refractivity contribution in [1.29, 1.82) is 0 Å². The first kappa shape index (κ1) is 10.6. The van der Waals surface area contributed by atoms with Crippen LogP contribution in [0.15, 0.2) is 44.5 Å². The maximum Gasteiger partial charge on any atom is 0.345 e. The second kappa shape index (κ2) is 4.31. The van der Waals surface area contributed by atoms with E-state index in [1.807, 2.05) is 38.1 Å². The van der Waals surface area contributed by atoms with Crippen molar-refractivity contribution in [3.63, 3.8) is 0 Å². The molecule has 0 bridgehead atoms. The molecule has 1 aromatic carbocycles. The molecule has 0 saturated carbocycles. The van der Waals surface area contributed by atoms with E-state index in [0.29, 0.717) is 17.7 Å². The van der Waals surface area contributed by atoms with Gasteiger partial charge in [-0.05, 0) is 26.0 Å². The molecule has 0 aliphatic rings. The van der Waals surface area contributed by atoms with E-state index >= 15 is 0 Å². The lowest BCUT2D eigenvalue weighted by molar-refractivity contribution is 0.559. The van der Waals surface area contributed by atoms with Gasteiger partial charge in [0.2, 0.25) is 0 Å². The van der Waals surface area contributed by atoms with Crippen LogP contribution in [0.1, 0.15) is 19.4 Å². The molecular formula is C13H13NO2. The molecule has 2 rings (SSSR count).